The van der Waals surface area contributed by atoms with Crippen molar-refractivity contribution in [3.8, 4) is 0 Å². The first-order chi connectivity index (χ1) is 8.45. The van der Waals surface area contributed by atoms with Gasteiger partial charge in [-0.1, -0.05) is 19.5 Å². The summed E-state index contributed by atoms with van der Waals surface area (Å²) in [5, 5.41) is 0. The van der Waals surface area contributed by atoms with Crippen molar-refractivity contribution in [2.75, 3.05) is 26.9 Å². The molecule has 0 aromatic rings. The lowest BCUT2D eigenvalue weighted by molar-refractivity contribution is 0.0711. The molecular formula is C12H31NO3Si2. The SMILES string of the molecule is CCO[Si](CCC[Si](C)(C)NC)(OCC)OCC. The third-order valence-electron chi connectivity index (χ3n) is 3.05. The van der Waals surface area contributed by atoms with Gasteiger partial charge in [0.25, 0.3) is 0 Å². The van der Waals surface area contributed by atoms with E-state index in [2.05, 4.69) is 25.1 Å². The molecule has 0 radical (unpaired) electrons. The molecule has 0 aliphatic rings. The Morgan fingerprint density at radius 2 is 1.28 bits per heavy atom. The number of nitrogens with one attached hydrogen (secondary N) is 1. The van der Waals surface area contributed by atoms with Gasteiger partial charge < -0.3 is 18.3 Å². The molecule has 0 saturated heterocycles. The van der Waals surface area contributed by atoms with Gasteiger partial charge in [0, 0.05) is 25.9 Å². The molecule has 0 amide bonds. The van der Waals surface area contributed by atoms with Crippen LogP contribution in [0.1, 0.15) is 27.2 Å². The van der Waals surface area contributed by atoms with E-state index < -0.39 is 17.0 Å². The average molecular weight is 294 g/mol. The first-order valence-corrected chi connectivity index (χ1v) is 12.2. The minimum atomic E-state index is -2.41. The van der Waals surface area contributed by atoms with Crippen LogP contribution in [0.15, 0.2) is 0 Å². The van der Waals surface area contributed by atoms with Gasteiger partial charge in [0.2, 0.25) is 0 Å². The predicted octanol–water partition coefficient (Wildman–Crippen LogP) is 2.85. The Morgan fingerprint density at radius 3 is 1.61 bits per heavy atom. The van der Waals surface area contributed by atoms with Crippen LogP contribution in [0.5, 0.6) is 0 Å². The van der Waals surface area contributed by atoms with Crippen LogP contribution in [-0.2, 0) is 13.3 Å². The van der Waals surface area contributed by atoms with Gasteiger partial charge >= 0.3 is 8.80 Å². The Hall–Kier alpha value is 0.274. The molecule has 0 saturated carbocycles. The van der Waals surface area contributed by atoms with E-state index >= 15 is 0 Å². The molecule has 18 heavy (non-hydrogen) atoms. The lowest BCUT2D eigenvalue weighted by Crippen LogP contribution is -2.47. The summed E-state index contributed by atoms with van der Waals surface area (Å²) in [4.78, 5) is 3.46. The van der Waals surface area contributed by atoms with Gasteiger partial charge in [0.05, 0.1) is 0 Å². The molecule has 0 aliphatic carbocycles. The maximum atomic E-state index is 5.85. The van der Waals surface area contributed by atoms with Gasteiger partial charge in [0.15, 0.2) is 0 Å². The predicted molar refractivity (Wildman–Crippen MR) is 81.4 cm³/mol. The molecule has 0 rings (SSSR count). The van der Waals surface area contributed by atoms with Gasteiger partial charge in [-0.3, -0.25) is 0 Å². The third kappa shape index (κ3) is 7.01. The monoisotopic (exact) mass is 293 g/mol. The summed E-state index contributed by atoms with van der Waals surface area (Å²) in [5.41, 5.74) is 0. The largest absolute Gasteiger partial charge is 0.500 e. The van der Waals surface area contributed by atoms with Crippen LogP contribution in [0, 0.1) is 0 Å². The fraction of sp³-hybridized carbons (Fsp3) is 1.00. The van der Waals surface area contributed by atoms with Crippen LogP contribution in [0.4, 0.5) is 0 Å². The van der Waals surface area contributed by atoms with Crippen molar-refractivity contribution in [1.29, 1.82) is 0 Å². The molecule has 1 N–H and O–H groups in total. The molecule has 0 fully saturated rings. The van der Waals surface area contributed by atoms with Gasteiger partial charge in [-0.05, 0) is 33.9 Å². The fourth-order valence-electron chi connectivity index (χ4n) is 1.87. The molecule has 6 heteroatoms. The van der Waals surface area contributed by atoms with Gasteiger partial charge in [0.1, 0.15) is 8.24 Å². The van der Waals surface area contributed by atoms with Crippen molar-refractivity contribution in [1.82, 2.24) is 4.98 Å². The van der Waals surface area contributed by atoms with Crippen LogP contribution in [-0.4, -0.2) is 43.9 Å². The van der Waals surface area contributed by atoms with Crippen LogP contribution in [0.3, 0.4) is 0 Å². The standard InChI is InChI=1S/C12H31NO3Si2/c1-7-14-18(15-8-2,16-9-3)12-10-11-17(5,6)13-4/h13H,7-12H2,1-6H3. The summed E-state index contributed by atoms with van der Waals surface area (Å²) in [6.45, 7) is 12.7. The Labute approximate surface area is 115 Å². The number of hydrogen-bond acceptors (Lipinski definition) is 4. The van der Waals surface area contributed by atoms with E-state index in [4.69, 9.17) is 13.3 Å². The van der Waals surface area contributed by atoms with Crippen LogP contribution < -0.4 is 4.98 Å². The smallest absolute Gasteiger partial charge is 0.374 e. The number of hydrogen-bond donors (Lipinski definition) is 1. The van der Waals surface area contributed by atoms with Crippen LogP contribution >= 0.6 is 0 Å². The summed E-state index contributed by atoms with van der Waals surface area (Å²) >= 11 is 0. The molecule has 0 unspecified atom stereocenters. The van der Waals surface area contributed by atoms with E-state index in [1.54, 1.807) is 0 Å². The molecule has 0 heterocycles. The molecular weight excluding hydrogens is 262 g/mol. The van der Waals surface area contributed by atoms with E-state index in [-0.39, 0.29) is 0 Å². The van der Waals surface area contributed by atoms with E-state index in [1.165, 1.54) is 6.04 Å². The highest BCUT2D eigenvalue weighted by molar-refractivity contribution is 6.75. The summed E-state index contributed by atoms with van der Waals surface area (Å²) in [7, 11) is -1.59. The highest BCUT2D eigenvalue weighted by Crippen LogP contribution is 2.21. The van der Waals surface area contributed by atoms with Gasteiger partial charge in [-0.25, -0.2) is 0 Å². The van der Waals surface area contributed by atoms with Crippen molar-refractivity contribution in [3.05, 3.63) is 0 Å². The molecule has 0 aromatic carbocycles. The van der Waals surface area contributed by atoms with Crippen molar-refractivity contribution >= 4 is 17.0 Å². The van der Waals surface area contributed by atoms with Gasteiger partial charge in [-0.15, -0.1) is 0 Å². The Kier molecular flexibility index (Phi) is 9.36. The van der Waals surface area contributed by atoms with Crippen LogP contribution in [0.25, 0.3) is 0 Å². The third-order valence-corrected chi connectivity index (χ3v) is 9.16. The maximum Gasteiger partial charge on any atom is 0.500 e. The Bertz CT molecular complexity index is 198. The van der Waals surface area contributed by atoms with Crippen molar-refractivity contribution in [2.45, 2.75) is 52.4 Å². The van der Waals surface area contributed by atoms with Crippen molar-refractivity contribution < 1.29 is 13.3 Å². The molecule has 0 atom stereocenters. The second-order valence-corrected chi connectivity index (χ2v) is 12.5. The molecule has 0 spiro atoms. The molecule has 4 nitrogen and oxygen atoms in total. The zero-order valence-corrected chi connectivity index (χ0v) is 15.0. The summed E-state index contributed by atoms with van der Waals surface area (Å²) in [5.74, 6) is 0. The zero-order valence-electron chi connectivity index (χ0n) is 13.0. The van der Waals surface area contributed by atoms with E-state index in [9.17, 15) is 0 Å². The molecule has 110 valence electrons. The second-order valence-electron chi connectivity index (χ2n) is 4.97. The number of rotatable bonds is 11. The highest BCUT2D eigenvalue weighted by Gasteiger charge is 2.40. The first-order valence-electron chi connectivity index (χ1n) is 7.06. The minimum Gasteiger partial charge on any atom is -0.374 e. The Morgan fingerprint density at radius 1 is 0.833 bits per heavy atom. The minimum absolute atomic E-state index is 0.666. The molecule has 0 aromatic heterocycles. The highest BCUT2D eigenvalue weighted by atomic mass is 28.4. The van der Waals surface area contributed by atoms with E-state index in [0.717, 1.165) is 12.5 Å². The topological polar surface area (TPSA) is 39.7 Å². The van der Waals surface area contributed by atoms with Crippen LogP contribution in [0.2, 0.25) is 25.2 Å². The quantitative estimate of drug-likeness (QED) is 0.595. The lowest BCUT2D eigenvalue weighted by atomic mass is 10.6. The van der Waals surface area contributed by atoms with Crippen molar-refractivity contribution in [2.24, 2.45) is 0 Å². The summed E-state index contributed by atoms with van der Waals surface area (Å²) in [6, 6.07) is 2.16. The summed E-state index contributed by atoms with van der Waals surface area (Å²) < 4.78 is 17.5. The fourth-order valence-corrected chi connectivity index (χ4v) is 6.15. The normalized spacial score (nSPS) is 13.0. The first kappa shape index (κ1) is 18.3. The lowest BCUT2D eigenvalue weighted by Gasteiger charge is -2.29. The average Bonchev–Trinajstić information content (AvgIpc) is 2.30. The zero-order chi connectivity index (χ0) is 14.1. The second kappa shape index (κ2) is 9.22. The van der Waals surface area contributed by atoms with Crippen molar-refractivity contribution in [3.63, 3.8) is 0 Å². The maximum absolute atomic E-state index is 5.85. The molecule has 0 aliphatic heterocycles. The van der Waals surface area contributed by atoms with E-state index in [1.807, 2.05) is 20.8 Å². The summed E-state index contributed by atoms with van der Waals surface area (Å²) in [6.07, 6.45) is 1.12. The Balaban J connectivity index is 4.38. The van der Waals surface area contributed by atoms with Gasteiger partial charge in [-0.2, -0.15) is 0 Å². The molecule has 0 bridgehead atoms. The van der Waals surface area contributed by atoms with E-state index in [0.29, 0.717) is 19.8 Å².